The van der Waals surface area contributed by atoms with Crippen LogP contribution in [0.3, 0.4) is 0 Å². The summed E-state index contributed by atoms with van der Waals surface area (Å²) in [4.78, 5) is 14.2. The first-order valence-corrected chi connectivity index (χ1v) is 7.48. The van der Waals surface area contributed by atoms with Gasteiger partial charge in [0.15, 0.2) is 0 Å². The number of ether oxygens (including phenoxy) is 1. The summed E-state index contributed by atoms with van der Waals surface area (Å²) < 4.78 is 42.6. The average Bonchev–Trinajstić information content (AvgIpc) is 2.89. The van der Waals surface area contributed by atoms with Crippen LogP contribution >= 0.6 is 0 Å². The second-order valence-corrected chi connectivity index (χ2v) is 5.81. The number of fused-ring (bicyclic) bond motifs is 3. The Bertz CT molecular complexity index is 737. The highest BCUT2D eigenvalue weighted by Gasteiger charge is 2.39. The van der Waals surface area contributed by atoms with Crippen molar-refractivity contribution in [1.29, 1.82) is 0 Å². The van der Waals surface area contributed by atoms with Gasteiger partial charge >= 0.3 is 12.1 Å². The molecule has 0 fully saturated rings. The minimum atomic E-state index is -4.86. The zero-order valence-electron chi connectivity index (χ0n) is 12.6. The number of hydrogen-bond donors (Lipinski definition) is 2. The van der Waals surface area contributed by atoms with Gasteiger partial charge in [-0.25, -0.2) is 0 Å². The molecule has 1 aromatic carbocycles. The van der Waals surface area contributed by atoms with Crippen molar-refractivity contribution < 1.29 is 22.7 Å². The molecule has 2 heterocycles. The lowest BCUT2D eigenvalue weighted by molar-refractivity contribution is -0.174. The van der Waals surface area contributed by atoms with Gasteiger partial charge in [-0.2, -0.15) is 13.2 Å². The normalized spacial score (nSPS) is 15.8. The van der Waals surface area contributed by atoms with Gasteiger partial charge in [-0.1, -0.05) is 0 Å². The Morgan fingerprint density at radius 1 is 1.43 bits per heavy atom. The standard InChI is InChI=1S/C16H17F3N2O2/c1-9(21-15(22)16(17,18)19)7-10-8-20-12-4-5-13-11(14(10)12)3-2-6-23-13/h4-5,8-9,20H,2-3,6-7H2,1H3,(H,21,22). The number of carbonyl (C=O) groups is 1. The van der Waals surface area contributed by atoms with E-state index in [1.165, 1.54) is 0 Å². The Morgan fingerprint density at radius 2 is 2.22 bits per heavy atom. The molecule has 3 rings (SSSR count). The van der Waals surface area contributed by atoms with Crippen molar-refractivity contribution in [3.05, 3.63) is 29.5 Å². The number of aromatic nitrogens is 1. The van der Waals surface area contributed by atoms with E-state index < -0.39 is 18.1 Å². The van der Waals surface area contributed by atoms with E-state index in [4.69, 9.17) is 4.74 Å². The van der Waals surface area contributed by atoms with Crippen molar-refractivity contribution in [3.63, 3.8) is 0 Å². The van der Waals surface area contributed by atoms with Crippen LogP contribution in [0.15, 0.2) is 18.3 Å². The predicted octanol–water partition coefficient (Wildman–Crippen LogP) is 3.10. The van der Waals surface area contributed by atoms with Crippen LogP contribution in [0.1, 0.15) is 24.5 Å². The summed E-state index contributed by atoms with van der Waals surface area (Å²) in [5, 5.41) is 2.99. The number of H-pyrrole nitrogens is 1. The molecule has 23 heavy (non-hydrogen) atoms. The largest absolute Gasteiger partial charge is 0.493 e. The van der Waals surface area contributed by atoms with E-state index in [0.29, 0.717) is 13.0 Å². The molecular formula is C16H17F3N2O2. The Kier molecular flexibility index (Phi) is 3.95. The molecule has 124 valence electrons. The van der Waals surface area contributed by atoms with Crippen molar-refractivity contribution in [2.75, 3.05) is 6.61 Å². The molecule has 4 nitrogen and oxygen atoms in total. The van der Waals surface area contributed by atoms with E-state index in [9.17, 15) is 18.0 Å². The Hall–Kier alpha value is -2.18. The first-order chi connectivity index (χ1) is 10.9. The molecule has 2 aromatic rings. The Labute approximate surface area is 131 Å². The van der Waals surface area contributed by atoms with Crippen molar-refractivity contribution >= 4 is 16.8 Å². The maximum atomic E-state index is 12.3. The van der Waals surface area contributed by atoms with Gasteiger partial charge < -0.3 is 15.0 Å². The first kappa shape index (κ1) is 15.7. The van der Waals surface area contributed by atoms with Crippen LogP contribution in [-0.4, -0.2) is 29.7 Å². The zero-order valence-corrected chi connectivity index (χ0v) is 12.6. The maximum Gasteiger partial charge on any atom is 0.471 e. The van der Waals surface area contributed by atoms with Gasteiger partial charge in [0.2, 0.25) is 0 Å². The third-order valence-corrected chi connectivity index (χ3v) is 3.98. The molecule has 0 saturated heterocycles. The minimum absolute atomic E-state index is 0.318. The van der Waals surface area contributed by atoms with Gasteiger partial charge in [-0.3, -0.25) is 4.79 Å². The lowest BCUT2D eigenvalue weighted by Gasteiger charge is -2.19. The SMILES string of the molecule is CC(Cc1c[nH]c2ccc3c(c12)CCCO3)NC(=O)C(F)(F)F. The lowest BCUT2D eigenvalue weighted by Crippen LogP contribution is -2.42. The Morgan fingerprint density at radius 3 is 2.96 bits per heavy atom. The third-order valence-electron chi connectivity index (χ3n) is 3.98. The van der Waals surface area contributed by atoms with E-state index in [2.05, 4.69) is 4.98 Å². The number of alkyl halides is 3. The summed E-state index contributed by atoms with van der Waals surface area (Å²) >= 11 is 0. The molecule has 1 unspecified atom stereocenters. The molecule has 1 amide bonds. The van der Waals surface area contributed by atoms with Crippen LogP contribution in [0.2, 0.25) is 0 Å². The number of benzene rings is 1. The number of aryl methyl sites for hydroxylation is 1. The molecule has 0 saturated carbocycles. The fourth-order valence-corrected chi connectivity index (χ4v) is 3.01. The molecule has 0 spiro atoms. The average molecular weight is 326 g/mol. The molecular weight excluding hydrogens is 309 g/mol. The van der Waals surface area contributed by atoms with Gasteiger partial charge in [0, 0.05) is 28.7 Å². The van der Waals surface area contributed by atoms with Crippen LogP contribution in [0, 0.1) is 0 Å². The molecule has 0 bridgehead atoms. The topological polar surface area (TPSA) is 54.1 Å². The van der Waals surface area contributed by atoms with E-state index in [1.807, 2.05) is 17.4 Å². The van der Waals surface area contributed by atoms with Crippen LogP contribution in [-0.2, 0) is 17.6 Å². The summed E-state index contributed by atoms with van der Waals surface area (Å²) in [6.07, 6.45) is -0.965. The maximum absolute atomic E-state index is 12.3. The molecule has 1 aliphatic rings. The third kappa shape index (κ3) is 3.13. The van der Waals surface area contributed by atoms with Gasteiger partial charge in [-0.15, -0.1) is 0 Å². The molecule has 7 heteroatoms. The number of halogens is 3. The van der Waals surface area contributed by atoms with Crippen LogP contribution in [0.5, 0.6) is 5.75 Å². The summed E-state index contributed by atoms with van der Waals surface area (Å²) in [5.74, 6) is -1.08. The predicted molar refractivity (Wildman–Crippen MR) is 79.5 cm³/mol. The Balaban J connectivity index is 1.84. The minimum Gasteiger partial charge on any atom is -0.493 e. The molecule has 1 aliphatic heterocycles. The molecule has 1 aromatic heterocycles. The zero-order chi connectivity index (χ0) is 16.6. The second-order valence-electron chi connectivity index (χ2n) is 5.81. The smallest absolute Gasteiger partial charge is 0.471 e. The van der Waals surface area contributed by atoms with Crippen molar-refractivity contribution in [3.8, 4) is 5.75 Å². The van der Waals surface area contributed by atoms with Crippen LogP contribution in [0.25, 0.3) is 10.9 Å². The number of hydrogen-bond acceptors (Lipinski definition) is 2. The highest BCUT2D eigenvalue weighted by molar-refractivity contribution is 5.89. The summed E-state index contributed by atoms with van der Waals surface area (Å²) in [6, 6.07) is 3.19. The van der Waals surface area contributed by atoms with Gasteiger partial charge in [0.1, 0.15) is 5.75 Å². The summed E-state index contributed by atoms with van der Waals surface area (Å²) in [7, 11) is 0. The quantitative estimate of drug-likeness (QED) is 0.911. The second kappa shape index (κ2) is 5.79. The fourth-order valence-electron chi connectivity index (χ4n) is 3.01. The molecule has 1 atom stereocenters. The monoisotopic (exact) mass is 326 g/mol. The molecule has 0 radical (unpaired) electrons. The lowest BCUT2D eigenvalue weighted by atomic mass is 9.97. The van der Waals surface area contributed by atoms with Crippen molar-refractivity contribution in [1.82, 2.24) is 10.3 Å². The van der Waals surface area contributed by atoms with Crippen molar-refractivity contribution in [2.45, 2.75) is 38.4 Å². The fraction of sp³-hybridized carbons (Fsp3) is 0.438. The summed E-state index contributed by atoms with van der Waals surface area (Å²) in [6.45, 7) is 2.24. The molecule has 0 aliphatic carbocycles. The number of amides is 1. The summed E-state index contributed by atoms with van der Waals surface area (Å²) in [5.41, 5.74) is 2.90. The number of carbonyl (C=O) groups excluding carboxylic acids is 1. The highest BCUT2D eigenvalue weighted by atomic mass is 19.4. The molecule has 2 N–H and O–H groups in total. The van der Waals surface area contributed by atoms with Crippen LogP contribution < -0.4 is 10.1 Å². The van der Waals surface area contributed by atoms with Crippen molar-refractivity contribution in [2.24, 2.45) is 0 Å². The van der Waals surface area contributed by atoms with Crippen LogP contribution in [0.4, 0.5) is 13.2 Å². The van der Waals surface area contributed by atoms with Gasteiger partial charge in [0.25, 0.3) is 0 Å². The van der Waals surface area contributed by atoms with E-state index >= 15 is 0 Å². The van der Waals surface area contributed by atoms with Gasteiger partial charge in [0.05, 0.1) is 6.61 Å². The highest BCUT2D eigenvalue weighted by Crippen LogP contribution is 2.34. The first-order valence-electron chi connectivity index (χ1n) is 7.48. The van der Waals surface area contributed by atoms with E-state index in [-0.39, 0.29) is 0 Å². The number of nitrogens with one attached hydrogen (secondary N) is 2. The van der Waals surface area contributed by atoms with E-state index in [1.54, 1.807) is 13.1 Å². The van der Waals surface area contributed by atoms with E-state index in [0.717, 1.165) is 40.6 Å². The number of aromatic amines is 1. The number of rotatable bonds is 3. The van der Waals surface area contributed by atoms with Gasteiger partial charge in [-0.05, 0) is 43.9 Å².